The van der Waals surface area contributed by atoms with Crippen LogP contribution in [0.5, 0.6) is 0 Å². The van der Waals surface area contributed by atoms with Crippen molar-refractivity contribution in [2.24, 2.45) is 0 Å². The van der Waals surface area contributed by atoms with Crippen LogP contribution in [0.15, 0.2) is 122 Å². The van der Waals surface area contributed by atoms with E-state index >= 15 is 0 Å². The minimum absolute atomic E-state index is 0. The fourth-order valence-electron chi connectivity index (χ4n) is 13.1. The zero-order chi connectivity index (χ0) is 73.3. The molecule has 22 nitrogen and oxygen atoms in total. The van der Waals surface area contributed by atoms with Gasteiger partial charge in [0.15, 0.2) is 0 Å². The summed E-state index contributed by atoms with van der Waals surface area (Å²) in [6, 6.07) is 36.9. The zero-order valence-electron chi connectivity index (χ0n) is 62.0. The average molecular weight is 1570 g/mol. The SMILES string of the molecule is C.C.C.C.CC(C)(C)OC(=O)N1CCC[C@H]1c1cc(-c2ccc(-c3ccc(-c4cnc([C@@H]5CCCN5C(=O)OC(C)(C)C)[nH]4)cc3)cc2)n[nH]1.CC(C)(C)OC(=O)N1CCC[C@H]1c1cc(-c2ccc(I)cc2)n[nH]1.CC(C)(C)OC(=O)N1CCC[C@H]1c1ncc(-c2ccc(B3OC(C)(C)C(C)(C)O3)cc2)[nH]1. The molecule has 4 amide bonds. The van der Waals surface area contributed by atoms with Crippen LogP contribution in [0.2, 0.25) is 0 Å². The number of rotatable bonds is 10. The van der Waals surface area contributed by atoms with Gasteiger partial charge in [-0.3, -0.25) is 29.8 Å². The molecule has 4 N–H and O–H groups in total. The molecule has 9 heterocycles. The molecule has 13 rings (SSSR count). The molecule has 0 spiro atoms. The number of nitrogens with one attached hydrogen (secondary N) is 4. The average Bonchev–Trinajstić information content (AvgIpc) is 1.61. The van der Waals surface area contributed by atoms with Crippen LogP contribution in [0.4, 0.5) is 19.2 Å². The molecule has 0 bridgehead atoms. The van der Waals surface area contributed by atoms with Crippen molar-refractivity contribution in [3.8, 4) is 56.2 Å². The summed E-state index contributed by atoms with van der Waals surface area (Å²) in [4.78, 5) is 73.8. The van der Waals surface area contributed by atoms with Crippen molar-refractivity contribution < 1.29 is 47.4 Å². The van der Waals surface area contributed by atoms with Gasteiger partial charge < -0.3 is 38.2 Å². The standard InChI is InChI=1S/C36H44N6O4.C24H34BN3O4.C18H22IN3O2.4CH4/c1-35(2,3)45-33(43)41-19-7-9-30(41)28-21-27(39-40-28)25-15-11-23(12-16-25)24-13-17-26(18-14-24)29-22-37-32(38-29)31-10-8-20-42(31)34(44)46-36(4,5)6;1-22(2,3)30-21(29)28-14-8-9-19(28)20-26-15-18(27-20)16-10-12-17(13-11-16)25-31-23(4,5)24(6,7)32-25;1-18(2,3)24-17(23)22-10-4-5-16(22)15-11-14(20-21-15)12-6-8-13(19)9-7-12;;;;/h11-18,21-22,30-31H,7-10,19-20H2,1-6H3,(H,37,38)(H,39,40);10-13,15,19H,8-9,14H2,1-7H3,(H,26,27);6-9,11,16H,4-5,10H2,1-3H3,(H,20,21);4*1H4/t30-,31-;19-;16-;;;;/m000..../s1. The first-order chi connectivity index (χ1) is 48.0. The van der Waals surface area contributed by atoms with Gasteiger partial charge in [0.1, 0.15) is 34.1 Å². The molecular weight excluding hydrogens is 1450 g/mol. The fraction of sp³-hybridized carbons (Fsp3) is 0.512. The van der Waals surface area contributed by atoms with Gasteiger partial charge in [-0.1, -0.05) is 115 Å². The van der Waals surface area contributed by atoms with E-state index in [0.717, 1.165) is 143 Å². The van der Waals surface area contributed by atoms with E-state index in [-0.39, 0.29) is 96.6 Å². The first-order valence-electron chi connectivity index (χ1n) is 35.7. The molecule has 4 aromatic heterocycles. The zero-order valence-corrected chi connectivity index (χ0v) is 64.1. The number of carbonyl (C=O) groups is 4. The first-order valence-corrected chi connectivity index (χ1v) is 36.7. The predicted octanol–water partition coefficient (Wildman–Crippen LogP) is 20.0. The number of hydrogen-bond donors (Lipinski definition) is 4. The second-order valence-corrected chi connectivity index (χ2v) is 33.2. The number of likely N-dealkylation sites (tertiary alicyclic amines) is 4. The maximum Gasteiger partial charge on any atom is 0.494 e. The maximum absolute atomic E-state index is 12.8. The Morgan fingerprint density at radius 3 is 1.05 bits per heavy atom. The summed E-state index contributed by atoms with van der Waals surface area (Å²) in [5.74, 6) is 1.57. The number of halogens is 1. The minimum atomic E-state index is -0.537. The van der Waals surface area contributed by atoms with Crippen LogP contribution in [0.3, 0.4) is 0 Å². The maximum atomic E-state index is 12.8. The molecule has 0 aliphatic carbocycles. The second kappa shape index (κ2) is 34.2. The lowest BCUT2D eigenvalue weighted by molar-refractivity contribution is 0.00578. The number of aromatic amines is 4. The van der Waals surface area contributed by atoms with Gasteiger partial charge in [-0.25, -0.2) is 29.1 Å². The molecule has 5 saturated heterocycles. The number of carbonyl (C=O) groups excluding carboxylic acids is 4. The third-order valence-electron chi connectivity index (χ3n) is 18.9. The van der Waals surface area contributed by atoms with Crippen molar-refractivity contribution in [2.75, 3.05) is 26.2 Å². The summed E-state index contributed by atoms with van der Waals surface area (Å²) in [5, 5.41) is 15.3. The van der Waals surface area contributed by atoms with Gasteiger partial charge in [-0.05, 0) is 237 Å². The summed E-state index contributed by atoms with van der Waals surface area (Å²) in [6.07, 6.45) is 9.81. The number of benzene rings is 4. The van der Waals surface area contributed by atoms with Crippen LogP contribution in [0.25, 0.3) is 56.2 Å². The second-order valence-electron chi connectivity index (χ2n) is 32.0. The quantitative estimate of drug-likeness (QED) is 0.0565. The highest BCUT2D eigenvalue weighted by atomic mass is 127. The van der Waals surface area contributed by atoms with E-state index in [1.165, 1.54) is 3.57 Å². The normalized spacial score (nSPS) is 18.9. The Morgan fingerprint density at radius 2 is 0.717 bits per heavy atom. The highest BCUT2D eigenvalue weighted by Gasteiger charge is 2.52. The molecule has 5 aliphatic rings. The topological polar surface area (TPSA) is 251 Å². The van der Waals surface area contributed by atoms with Gasteiger partial charge >= 0.3 is 31.5 Å². The van der Waals surface area contributed by atoms with Gasteiger partial charge in [0.2, 0.25) is 0 Å². The van der Waals surface area contributed by atoms with E-state index in [9.17, 15) is 19.2 Å². The Labute approximate surface area is 643 Å². The molecule has 106 heavy (non-hydrogen) atoms. The van der Waals surface area contributed by atoms with Gasteiger partial charge in [-0.15, -0.1) is 0 Å². The summed E-state index contributed by atoms with van der Waals surface area (Å²) in [5.41, 5.74) is 9.96. The molecular formula is C82H116BIN12O10. The van der Waals surface area contributed by atoms with E-state index < -0.39 is 22.4 Å². The van der Waals surface area contributed by atoms with Crippen LogP contribution >= 0.6 is 22.6 Å². The Bertz CT molecular complexity index is 4060. The van der Waals surface area contributed by atoms with E-state index in [1.807, 2.05) is 132 Å². The Morgan fingerprint density at radius 1 is 0.434 bits per heavy atom. The predicted molar refractivity (Wildman–Crippen MR) is 430 cm³/mol. The Balaban J connectivity index is 0.000000230. The number of aromatic nitrogens is 8. The highest BCUT2D eigenvalue weighted by molar-refractivity contribution is 14.1. The van der Waals surface area contributed by atoms with Gasteiger partial charge in [0, 0.05) is 40.9 Å². The number of amides is 4. The number of H-pyrrole nitrogens is 4. The monoisotopic (exact) mass is 1570 g/mol. The van der Waals surface area contributed by atoms with E-state index in [0.29, 0.717) is 19.6 Å². The highest BCUT2D eigenvalue weighted by Crippen LogP contribution is 2.40. The third-order valence-corrected chi connectivity index (χ3v) is 19.6. The van der Waals surface area contributed by atoms with E-state index in [1.54, 1.807) is 19.6 Å². The van der Waals surface area contributed by atoms with Gasteiger partial charge in [-0.2, -0.15) is 10.2 Å². The minimum Gasteiger partial charge on any atom is -0.444 e. The lowest BCUT2D eigenvalue weighted by Crippen LogP contribution is -2.41. The summed E-state index contributed by atoms with van der Waals surface area (Å²) < 4.78 is 35.8. The largest absolute Gasteiger partial charge is 0.494 e. The van der Waals surface area contributed by atoms with Crippen LogP contribution < -0.4 is 5.46 Å². The number of hydrogen-bond acceptors (Lipinski definition) is 14. The van der Waals surface area contributed by atoms with E-state index in [2.05, 4.69) is 163 Å². The molecule has 0 radical (unpaired) electrons. The lowest BCUT2D eigenvalue weighted by atomic mass is 9.79. The molecule has 5 fully saturated rings. The third kappa shape index (κ3) is 20.8. The van der Waals surface area contributed by atoms with Crippen molar-refractivity contribution in [1.29, 1.82) is 0 Å². The molecule has 5 aliphatic heterocycles. The summed E-state index contributed by atoms with van der Waals surface area (Å²) >= 11 is 2.29. The molecule has 0 unspecified atom stereocenters. The Kier molecular flexibility index (Phi) is 27.3. The van der Waals surface area contributed by atoms with E-state index in [4.69, 9.17) is 28.3 Å². The molecule has 0 saturated carbocycles. The van der Waals surface area contributed by atoms with Crippen LogP contribution in [-0.2, 0) is 28.3 Å². The van der Waals surface area contributed by atoms with Crippen molar-refractivity contribution in [1.82, 2.24) is 59.9 Å². The number of imidazole rings is 2. The van der Waals surface area contributed by atoms with Crippen molar-refractivity contribution in [2.45, 2.75) is 250 Å². The van der Waals surface area contributed by atoms with Crippen molar-refractivity contribution >= 4 is 59.5 Å². The van der Waals surface area contributed by atoms with Gasteiger partial charge in [0.05, 0.1) is 81.9 Å². The molecule has 574 valence electrons. The summed E-state index contributed by atoms with van der Waals surface area (Å²) in [7, 11) is -0.382. The first kappa shape index (κ1) is 84.8. The smallest absolute Gasteiger partial charge is 0.444 e. The number of ether oxygens (including phenoxy) is 4. The van der Waals surface area contributed by atoms with Gasteiger partial charge in [0.25, 0.3) is 0 Å². The summed E-state index contributed by atoms with van der Waals surface area (Å²) in [6.45, 7) is 33.6. The van der Waals surface area contributed by atoms with Crippen molar-refractivity contribution in [3.63, 3.8) is 0 Å². The van der Waals surface area contributed by atoms with Crippen LogP contribution in [0, 0.1) is 3.57 Å². The number of nitrogens with zero attached hydrogens (tertiary/aromatic N) is 8. The molecule has 24 heteroatoms. The van der Waals surface area contributed by atoms with Crippen molar-refractivity contribution in [3.05, 3.63) is 148 Å². The molecule has 4 atom stereocenters. The van der Waals surface area contributed by atoms with Crippen LogP contribution in [-0.4, -0.2) is 151 Å². The Hall–Kier alpha value is -8.49. The molecule has 4 aromatic carbocycles. The molecule has 8 aromatic rings. The fourth-order valence-corrected chi connectivity index (χ4v) is 13.5. The lowest BCUT2D eigenvalue weighted by Gasteiger charge is -2.32. The van der Waals surface area contributed by atoms with Crippen LogP contribution in [0.1, 0.15) is 239 Å².